The molecule has 0 fully saturated rings. The number of nitrogens with two attached hydrogens (primary N) is 1. The zero-order valence-electron chi connectivity index (χ0n) is 9.68. The number of hydrogen-bond acceptors (Lipinski definition) is 5. The maximum absolute atomic E-state index is 5.95. The minimum absolute atomic E-state index is 0.284. The monoisotopic (exact) mass is 226 g/mol. The van der Waals surface area contributed by atoms with Crippen LogP contribution < -0.4 is 10.5 Å². The zero-order valence-corrected chi connectivity index (χ0v) is 9.68. The molecule has 1 heterocycles. The molecule has 0 aliphatic heterocycles. The number of methoxy groups -OCH3 is 2. The van der Waals surface area contributed by atoms with Crippen LogP contribution in [-0.4, -0.2) is 39.0 Å². The van der Waals surface area contributed by atoms with E-state index in [-0.39, 0.29) is 6.04 Å². The maximum atomic E-state index is 5.95. The van der Waals surface area contributed by atoms with Gasteiger partial charge in [0.25, 0.3) is 0 Å². The average Bonchev–Trinajstić information content (AvgIpc) is 2.34. The molecule has 0 aliphatic carbocycles. The molecular formula is C11H18N2O3. The molecule has 5 heteroatoms. The van der Waals surface area contributed by atoms with E-state index >= 15 is 0 Å². The fraction of sp³-hybridized carbons (Fsp3) is 0.545. The van der Waals surface area contributed by atoms with Crippen LogP contribution in [0.15, 0.2) is 18.3 Å². The van der Waals surface area contributed by atoms with Gasteiger partial charge in [0.2, 0.25) is 0 Å². The summed E-state index contributed by atoms with van der Waals surface area (Å²) in [6, 6.07) is 3.35. The number of hydrogen-bond donors (Lipinski definition) is 1. The molecular weight excluding hydrogens is 208 g/mol. The number of nitrogens with zero attached hydrogens (tertiary/aromatic N) is 1. The fourth-order valence-electron chi connectivity index (χ4n) is 1.29. The van der Waals surface area contributed by atoms with Crippen molar-refractivity contribution in [1.29, 1.82) is 0 Å². The molecule has 0 aromatic carbocycles. The Hall–Kier alpha value is -1.17. The highest BCUT2D eigenvalue weighted by atomic mass is 16.5. The van der Waals surface area contributed by atoms with E-state index < -0.39 is 0 Å². The predicted molar refractivity (Wildman–Crippen MR) is 60.4 cm³/mol. The Morgan fingerprint density at radius 1 is 1.38 bits per heavy atom. The first-order valence-corrected chi connectivity index (χ1v) is 5.10. The maximum Gasteiger partial charge on any atom is 0.142 e. The van der Waals surface area contributed by atoms with Gasteiger partial charge in [-0.1, -0.05) is 0 Å². The molecule has 5 nitrogen and oxygen atoms in total. The van der Waals surface area contributed by atoms with Crippen molar-refractivity contribution in [3.05, 3.63) is 24.0 Å². The third-order valence-electron chi connectivity index (χ3n) is 2.10. The summed E-state index contributed by atoms with van der Waals surface area (Å²) < 4.78 is 15.4. The van der Waals surface area contributed by atoms with Crippen molar-refractivity contribution < 1.29 is 14.2 Å². The van der Waals surface area contributed by atoms with Gasteiger partial charge in [0.05, 0.1) is 33.0 Å². The van der Waals surface area contributed by atoms with E-state index in [1.54, 1.807) is 26.5 Å². The molecule has 0 amide bonds. The van der Waals surface area contributed by atoms with Crippen LogP contribution in [-0.2, 0) is 9.47 Å². The Balaban J connectivity index is 2.48. The lowest BCUT2D eigenvalue weighted by Gasteiger charge is -2.14. The number of aromatic nitrogens is 1. The molecule has 1 aromatic heterocycles. The van der Waals surface area contributed by atoms with E-state index in [4.69, 9.17) is 19.9 Å². The van der Waals surface area contributed by atoms with Gasteiger partial charge in [-0.05, 0) is 12.1 Å². The molecule has 1 aromatic rings. The molecule has 16 heavy (non-hydrogen) atoms. The Labute approximate surface area is 95.5 Å². The second kappa shape index (κ2) is 7.16. The van der Waals surface area contributed by atoms with Gasteiger partial charge in [0.15, 0.2) is 0 Å². The lowest BCUT2D eigenvalue weighted by Crippen LogP contribution is -2.20. The van der Waals surface area contributed by atoms with Crippen molar-refractivity contribution in [2.24, 2.45) is 5.73 Å². The molecule has 90 valence electrons. The van der Waals surface area contributed by atoms with Crippen LogP contribution >= 0.6 is 0 Å². The second-order valence-corrected chi connectivity index (χ2v) is 3.27. The van der Waals surface area contributed by atoms with Crippen LogP contribution in [0.5, 0.6) is 5.75 Å². The van der Waals surface area contributed by atoms with E-state index in [9.17, 15) is 0 Å². The summed E-state index contributed by atoms with van der Waals surface area (Å²) in [7, 11) is 3.23. The smallest absolute Gasteiger partial charge is 0.142 e. The SMILES string of the molecule is COCCOCC(N)c1ncccc1OC. The predicted octanol–water partition coefficient (Wildman–Crippen LogP) is 0.753. The van der Waals surface area contributed by atoms with E-state index in [2.05, 4.69) is 4.98 Å². The van der Waals surface area contributed by atoms with Crippen LogP contribution in [0.2, 0.25) is 0 Å². The highest BCUT2D eigenvalue weighted by Gasteiger charge is 2.12. The average molecular weight is 226 g/mol. The van der Waals surface area contributed by atoms with Gasteiger partial charge in [0, 0.05) is 13.3 Å². The van der Waals surface area contributed by atoms with Gasteiger partial charge in [-0.2, -0.15) is 0 Å². The van der Waals surface area contributed by atoms with Crippen molar-refractivity contribution in [1.82, 2.24) is 4.98 Å². The summed E-state index contributed by atoms with van der Waals surface area (Å²) in [6.07, 6.45) is 1.69. The molecule has 0 saturated carbocycles. The second-order valence-electron chi connectivity index (χ2n) is 3.27. The zero-order chi connectivity index (χ0) is 11.8. The van der Waals surface area contributed by atoms with Crippen molar-refractivity contribution in [3.8, 4) is 5.75 Å². The van der Waals surface area contributed by atoms with E-state index in [0.717, 1.165) is 0 Å². The number of ether oxygens (including phenoxy) is 3. The van der Waals surface area contributed by atoms with Gasteiger partial charge >= 0.3 is 0 Å². The van der Waals surface area contributed by atoms with Crippen molar-refractivity contribution in [3.63, 3.8) is 0 Å². The molecule has 1 unspecified atom stereocenters. The van der Waals surface area contributed by atoms with Crippen molar-refractivity contribution in [2.45, 2.75) is 6.04 Å². The molecule has 2 N–H and O–H groups in total. The molecule has 1 rings (SSSR count). The van der Waals surface area contributed by atoms with Crippen molar-refractivity contribution >= 4 is 0 Å². The molecule has 0 bridgehead atoms. The molecule has 0 radical (unpaired) electrons. The van der Waals surface area contributed by atoms with Gasteiger partial charge in [-0.3, -0.25) is 4.98 Å². The van der Waals surface area contributed by atoms with Crippen LogP contribution in [0.25, 0.3) is 0 Å². The van der Waals surface area contributed by atoms with Gasteiger partial charge in [-0.15, -0.1) is 0 Å². The summed E-state index contributed by atoms with van der Waals surface area (Å²) in [5.41, 5.74) is 6.66. The topological polar surface area (TPSA) is 66.6 Å². The van der Waals surface area contributed by atoms with Gasteiger partial charge < -0.3 is 19.9 Å². The standard InChI is InChI=1S/C11H18N2O3/c1-14-6-7-16-8-9(12)11-10(15-2)4-3-5-13-11/h3-5,9H,6-8,12H2,1-2H3. The normalized spacial score (nSPS) is 12.4. The summed E-state index contributed by atoms with van der Waals surface area (Å²) in [4.78, 5) is 4.19. The van der Waals surface area contributed by atoms with E-state index in [0.29, 0.717) is 31.3 Å². The lowest BCUT2D eigenvalue weighted by molar-refractivity contribution is 0.0628. The largest absolute Gasteiger partial charge is 0.495 e. The first-order chi connectivity index (χ1) is 7.79. The van der Waals surface area contributed by atoms with Crippen LogP contribution in [0, 0.1) is 0 Å². The van der Waals surface area contributed by atoms with Gasteiger partial charge in [-0.25, -0.2) is 0 Å². The Kier molecular flexibility index (Phi) is 5.77. The molecule has 0 saturated heterocycles. The highest BCUT2D eigenvalue weighted by molar-refractivity contribution is 5.29. The summed E-state index contributed by atoms with van der Waals surface area (Å²) in [5.74, 6) is 0.686. The first kappa shape index (κ1) is 12.9. The van der Waals surface area contributed by atoms with Crippen LogP contribution in [0.4, 0.5) is 0 Å². The Bertz CT molecular complexity index is 307. The Morgan fingerprint density at radius 3 is 2.88 bits per heavy atom. The van der Waals surface area contributed by atoms with Gasteiger partial charge in [0.1, 0.15) is 11.4 Å². The summed E-state index contributed by atoms with van der Waals surface area (Å²) in [5, 5.41) is 0. The van der Waals surface area contributed by atoms with E-state index in [1.807, 2.05) is 6.07 Å². The number of pyridine rings is 1. The Morgan fingerprint density at radius 2 is 2.19 bits per heavy atom. The van der Waals surface area contributed by atoms with Crippen LogP contribution in [0.1, 0.15) is 11.7 Å². The molecule has 0 aliphatic rings. The number of rotatable bonds is 7. The summed E-state index contributed by atoms with van der Waals surface area (Å²) in [6.45, 7) is 1.49. The minimum atomic E-state index is -0.284. The molecule has 1 atom stereocenters. The first-order valence-electron chi connectivity index (χ1n) is 5.10. The van der Waals surface area contributed by atoms with Crippen LogP contribution in [0.3, 0.4) is 0 Å². The fourth-order valence-corrected chi connectivity index (χ4v) is 1.29. The lowest BCUT2D eigenvalue weighted by atomic mass is 10.2. The third kappa shape index (κ3) is 3.77. The summed E-state index contributed by atoms with van der Waals surface area (Å²) >= 11 is 0. The van der Waals surface area contributed by atoms with Crippen molar-refractivity contribution in [2.75, 3.05) is 34.0 Å². The minimum Gasteiger partial charge on any atom is -0.495 e. The third-order valence-corrected chi connectivity index (χ3v) is 2.10. The highest BCUT2D eigenvalue weighted by Crippen LogP contribution is 2.20. The molecule has 0 spiro atoms. The van der Waals surface area contributed by atoms with E-state index in [1.165, 1.54) is 0 Å². The quantitative estimate of drug-likeness (QED) is 0.695.